The van der Waals surface area contributed by atoms with E-state index in [-0.39, 0.29) is 5.91 Å². The molecule has 3 aromatic rings. The molecule has 4 rings (SSSR count). The van der Waals surface area contributed by atoms with Gasteiger partial charge in [-0.15, -0.1) is 10.2 Å². The Bertz CT molecular complexity index is 1100. The standard InChI is InChI=1S/C25H28N4O4/c1-17-7-5-6-8-19(17)20-9-10-23(27-26-20)28-11-13-29(14-12-28)25(30)18-15-21(31-2)24(33-4)22(16-18)32-3/h5-10,15-16H,11-14H2,1-4H3. The van der Waals surface area contributed by atoms with E-state index in [9.17, 15) is 4.79 Å². The molecular weight excluding hydrogens is 420 g/mol. The summed E-state index contributed by atoms with van der Waals surface area (Å²) in [5, 5.41) is 8.87. The summed E-state index contributed by atoms with van der Waals surface area (Å²) in [7, 11) is 4.61. The van der Waals surface area contributed by atoms with Crippen molar-refractivity contribution in [1.82, 2.24) is 15.1 Å². The van der Waals surface area contributed by atoms with E-state index in [1.165, 1.54) is 26.9 Å². The van der Waals surface area contributed by atoms with Gasteiger partial charge in [-0.05, 0) is 36.8 Å². The van der Waals surface area contributed by atoms with Crippen LogP contribution in [0.5, 0.6) is 17.2 Å². The fourth-order valence-electron chi connectivity index (χ4n) is 4.02. The number of ether oxygens (including phenoxy) is 3. The smallest absolute Gasteiger partial charge is 0.254 e. The number of aromatic nitrogens is 2. The molecule has 1 saturated heterocycles. The van der Waals surface area contributed by atoms with Gasteiger partial charge in [0, 0.05) is 37.3 Å². The molecule has 0 radical (unpaired) electrons. The Labute approximate surface area is 193 Å². The summed E-state index contributed by atoms with van der Waals surface area (Å²) in [5.41, 5.74) is 3.60. The molecule has 0 bridgehead atoms. The molecule has 2 heterocycles. The van der Waals surface area contributed by atoms with Crippen LogP contribution in [0.2, 0.25) is 0 Å². The molecule has 1 amide bonds. The summed E-state index contributed by atoms with van der Waals surface area (Å²) in [6, 6.07) is 15.5. The van der Waals surface area contributed by atoms with Crippen molar-refractivity contribution >= 4 is 11.7 Å². The maximum absolute atomic E-state index is 13.1. The number of aryl methyl sites for hydroxylation is 1. The highest BCUT2D eigenvalue weighted by Gasteiger charge is 2.25. The van der Waals surface area contributed by atoms with Crippen LogP contribution in [0.4, 0.5) is 5.82 Å². The third kappa shape index (κ3) is 4.55. The average Bonchev–Trinajstić information content (AvgIpc) is 2.87. The molecule has 2 aromatic carbocycles. The minimum absolute atomic E-state index is 0.0742. The fourth-order valence-corrected chi connectivity index (χ4v) is 4.02. The number of carbonyl (C=O) groups is 1. The summed E-state index contributed by atoms with van der Waals surface area (Å²) >= 11 is 0. The summed E-state index contributed by atoms with van der Waals surface area (Å²) in [4.78, 5) is 17.1. The van der Waals surface area contributed by atoms with Gasteiger partial charge in [0.15, 0.2) is 17.3 Å². The number of anilines is 1. The minimum atomic E-state index is -0.0742. The SMILES string of the molecule is COc1cc(C(=O)N2CCN(c3ccc(-c4ccccc4C)nn3)CC2)cc(OC)c1OC. The van der Waals surface area contributed by atoms with Crippen molar-refractivity contribution in [1.29, 1.82) is 0 Å². The maximum Gasteiger partial charge on any atom is 0.254 e. The van der Waals surface area contributed by atoms with Gasteiger partial charge in [0.25, 0.3) is 5.91 Å². The van der Waals surface area contributed by atoms with Gasteiger partial charge in [-0.3, -0.25) is 4.79 Å². The second-order valence-electron chi connectivity index (χ2n) is 7.78. The summed E-state index contributed by atoms with van der Waals surface area (Å²) in [6.45, 7) is 4.58. The van der Waals surface area contributed by atoms with E-state index in [0.29, 0.717) is 49.0 Å². The first-order valence-corrected chi connectivity index (χ1v) is 10.8. The van der Waals surface area contributed by atoms with Gasteiger partial charge in [-0.2, -0.15) is 0 Å². The molecule has 1 aliphatic rings. The first-order valence-electron chi connectivity index (χ1n) is 10.8. The molecule has 8 heteroatoms. The van der Waals surface area contributed by atoms with Crippen LogP contribution in [0.25, 0.3) is 11.3 Å². The van der Waals surface area contributed by atoms with Gasteiger partial charge < -0.3 is 24.0 Å². The number of hydrogen-bond acceptors (Lipinski definition) is 7. The van der Waals surface area contributed by atoms with Crippen LogP contribution in [0.3, 0.4) is 0 Å². The van der Waals surface area contributed by atoms with Crippen molar-refractivity contribution in [2.75, 3.05) is 52.4 Å². The number of benzene rings is 2. The van der Waals surface area contributed by atoms with Crippen molar-refractivity contribution in [3.8, 4) is 28.5 Å². The van der Waals surface area contributed by atoms with Gasteiger partial charge >= 0.3 is 0 Å². The zero-order valence-electron chi connectivity index (χ0n) is 19.4. The van der Waals surface area contributed by atoms with Crippen molar-refractivity contribution in [2.24, 2.45) is 0 Å². The molecule has 172 valence electrons. The van der Waals surface area contributed by atoms with E-state index in [0.717, 1.165) is 17.1 Å². The predicted octanol–water partition coefficient (Wildman–Crippen LogP) is 3.44. The van der Waals surface area contributed by atoms with Crippen molar-refractivity contribution < 1.29 is 19.0 Å². The first kappa shape index (κ1) is 22.4. The van der Waals surface area contributed by atoms with Crippen molar-refractivity contribution in [3.63, 3.8) is 0 Å². The Hall–Kier alpha value is -3.81. The monoisotopic (exact) mass is 448 g/mol. The minimum Gasteiger partial charge on any atom is -0.493 e. The molecule has 0 saturated carbocycles. The van der Waals surface area contributed by atoms with Gasteiger partial charge in [-0.25, -0.2) is 0 Å². The van der Waals surface area contributed by atoms with Crippen LogP contribution in [0.1, 0.15) is 15.9 Å². The molecule has 1 aromatic heterocycles. The highest BCUT2D eigenvalue weighted by Crippen LogP contribution is 2.38. The van der Waals surface area contributed by atoms with Gasteiger partial charge in [0.2, 0.25) is 5.75 Å². The first-order chi connectivity index (χ1) is 16.0. The number of piperazine rings is 1. The Morgan fingerprint density at radius 1 is 0.848 bits per heavy atom. The molecule has 0 atom stereocenters. The Morgan fingerprint density at radius 2 is 1.52 bits per heavy atom. The predicted molar refractivity (Wildman–Crippen MR) is 126 cm³/mol. The second kappa shape index (κ2) is 9.77. The van der Waals surface area contributed by atoms with Crippen molar-refractivity contribution in [3.05, 3.63) is 59.7 Å². The largest absolute Gasteiger partial charge is 0.493 e. The van der Waals surface area contributed by atoms with Crippen LogP contribution in [0.15, 0.2) is 48.5 Å². The number of rotatable bonds is 6. The van der Waals surface area contributed by atoms with E-state index in [1.807, 2.05) is 35.2 Å². The highest BCUT2D eigenvalue weighted by atomic mass is 16.5. The van der Waals surface area contributed by atoms with E-state index in [4.69, 9.17) is 14.2 Å². The topological polar surface area (TPSA) is 77.0 Å². The lowest BCUT2D eigenvalue weighted by Gasteiger charge is -2.35. The molecule has 0 spiro atoms. The summed E-state index contributed by atoms with van der Waals surface area (Å²) < 4.78 is 16.1. The van der Waals surface area contributed by atoms with E-state index in [1.54, 1.807) is 12.1 Å². The van der Waals surface area contributed by atoms with Crippen LogP contribution >= 0.6 is 0 Å². The third-order valence-corrected chi connectivity index (χ3v) is 5.87. The Morgan fingerprint density at radius 3 is 2.06 bits per heavy atom. The van der Waals surface area contributed by atoms with Gasteiger partial charge in [-0.1, -0.05) is 24.3 Å². The van der Waals surface area contributed by atoms with Crippen LogP contribution < -0.4 is 19.1 Å². The van der Waals surface area contributed by atoms with Crippen LogP contribution in [-0.2, 0) is 0 Å². The Kier molecular flexibility index (Phi) is 6.63. The highest BCUT2D eigenvalue weighted by molar-refractivity contribution is 5.95. The van der Waals surface area contributed by atoms with Gasteiger partial charge in [0.1, 0.15) is 0 Å². The number of carbonyl (C=O) groups excluding carboxylic acids is 1. The molecule has 1 fully saturated rings. The van der Waals surface area contributed by atoms with Gasteiger partial charge in [0.05, 0.1) is 27.0 Å². The molecule has 1 aliphatic heterocycles. The zero-order valence-corrected chi connectivity index (χ0v) is 19.4. The second-order valence-corrected chi connectivity index (χ2v) is 7.78. The normalized spacial score (nSPS) is 13.6. The van der Waals surface area contributed by atoms with E-state index in [2.05, 4.69) is 28.1 Å². The quantitative estimate of drug-likeness (QED) is 0.572. The molecule has 0 N–H and O–H groups in total. The number of amides is 1. The molecular formula is C25H28N4O4. The molecule has 0 unspecified atom stereocenters. The average molecular weight is 449 g/mol. The van der Waals surface area contributed by atoms with Crippen molar-refractivity contribution in [2.45, 2.75) is 6.92 Å². The van der Waals surface area contributed by atoms with E-state index >= 15 is 0 Å². The summed E-state index contributed by atoms with van der Waals surface area (Å²) in [6.07, 6.45) is 0. The lowest BCUT2D eigenvalue weighted by Crippen LogP contribution is -2.49. The molecule has 8 nitrogen and oxygen atoms in total. The van der Waals surface area contributed by atoms with E-state index < -0.39 is 0 Å². The number of methoxy groups -OCH3 is 3. The molecule has 33 heavy (non-hydrogen) atoms. The third-order valence-electron chi connectivity index (χ3n) is 5.87. The van der Waals surface area contributed by atoms with Crippen LogP contribution in [-0.4, -0.2) is 68.5 Å². The summed E-state index contributed by atoms with van der Waals surface area (Å²) in [5.74, 6) is 2.13. The maximum atomic E-state index is 13.1. The zero-order chi connectivity index (χ0) is 23.4. The lowest BCUT2D eigenvalue weighted by molar-refractivity contribution is 0.0745. The molecule has 0 aliphatic carbocycles. The lowest BCUT2D eigenvalue weighted by atomic mass is 10.1. The Balaban J connectivity index is 1.44. The number of hydrogen-bond donors (Lipinski definition) is 0. The number of nitrogens with zero attached hydrogens (tertiary/aromatic N) is 4. The van der Waals surface area contributed by atoms with Crippen LogP contribution in [0, 0.1) is 6.92 Å². The fraction of sp³-hybridized carbons (Fsp3) is 0.320.